The molecule has 0 aliphatic heterocycles. The van der Waals surface area contributed by atoms with Crippen LogP contribution in [-0.4, -0.2) is 10.6 Å². The summed E-state index contributed by atoms with van der Waals surface area (Å²) in [6.45, 7) is 0. The van der Waals surface area contributed by atoms with Crippen LogP contribution in [0.4, 0.5) is 0 Å². The lowest BCUT2D eigenvalue weighted by Crippen LogP contribution is -2.48. The van der Waals surface area contributed by atoms with Gasteiger partial charge in [0, 0.05) is 0 Å². The number of nitriles is 1. The Morgan fingerprint density at radius 3 is 2.53 bits per heavy atom. The Bertz CT molecular complexity index is 505. The number of phenolic OH excluding ortho intramolecular Hbond substituents is 1. The molecule has 1 aromatic carbocycles. The normalized spacial score (nSPS) is 34.8. The van der Waals surface area contributed by atoms with Gasteiger partial charge < -0.3 is 10.8 Å². The molecule has 3 unspecified atom stereocenters. The highest BCUT2D eigenvalue weighted by atomic mass is 16.3. The van der Waals surface area contributed by atoms with E-state index in [-0.39, 0.29) is 11.8 Å². The van der Waals surface area contributed by atoms with Crippen molar-refractivity contribution in [1.29, 1.82) is 5.26 Å². The van der Waals surface area contributed by atoms with E-state index in [1.165, 1.54) is 11.1 Å². The summed E-state index contributed by atoms with van der Waals surface area (Å²) in [6.07, 6.45) is 3.78. The first-order valence-corrected chi connectivity index (χ1v) is 6.14. The maximum absolute atomic E-state index is 9.54. The third-order valence-corrected chi connectivity index (χ3v) is 4.53. The molecule has 2 aliphatic rings. The van der Waals surface area contributed by atoms with E-state index >= 15 is 0 Å². The SMILES string of the molecule is N#CC1(N)C2CCC1Cc1cc(O)ccc1C2. The van der Waals surface area contributed by atoms with Crippen molar-refractivity contribution in [1.82, 2.24) is 0 Å². The Balaban J connectivity index is 2.07. The molecule has 1 aromatic rings. The van der Waals surface area contributed by atoms with Crippen molar-refractivity contribution in [2.75, 3.05) is 0 Å². The van der Waals surface area contributed by atoms with Crippen molar-refractivity contribution in [3.8, 4) is 11.8 Å². The molecule has 3 rings (SSSR count). The van der Waals surface area contributed by atoms with E-state index in [4.69, 9.17) is 5.73 Å². The maximum atomic E-state index is 9.54. The molecule has 3 nitrogen and oxygen atoms in total. The van der Waals surface area contributed by atoms with Crippen molar-refractivity contribution in [2.45, 2.75) is 31.2 Å². The van der Waals surface area contributed by atoms with Crippen molar-refractivity contribution >= 4 is 0 Å². The fourth-order valence-corrected chi connectivity index (χ4v) is 3.47. The summed E-state index contributed by atoms with van der Waals surface area (Å²) in [5.74, 6) is 0.810. The average Bonchev–Trinajstić information content (AvgIpc) is 2.53. The molecule has 0 spiro atoms. The fourth-order valence-electron chi connectivity index (χ4n) is 3.47. The van der Waals surface area contributed by atoms with E-state index in [1.54, 1.807) is 6.07 Å². The molecule has 3 atom stereocenters. The molecule has 0 radical (unpaired) electrons. The quantitative estimate of drug-likeness (QED) is 0.710. The molecule has 3 heteroatoms. The number of aromatic hydroxyl groups is 1. The number of fused-ring (bicyclic) bond motifs is 3. The first kappa shape index (κ1) is 10.6. The van der Waals surface area contributed by atoms with Crippen molar-refractivity contribution < 1.29 is 5.11 Å². The number of rotatable bonds is 0. The fraction of sp³-hybridized carbons (Fsp3) is 0.500. The summed E-state index contributed by atoms with van der Waals surface area (Å²) in [6, 6.07) is 7.87. The van der Waals surface area contributed by atoms with Gasteiger partial charge in [-0.2, -0.15) is 5.26 Å². The monoisotopic (exact) mass is 228 g/mol. The van der Waals surface area contributed by atoms with Crippen LogP contribution in [0.2, 0.25) is 0 Å². The number of hydrogen-bond donors (Lipinski definition) is 2. The number of nitrogens with two attached hydrogens (primary N) is 1. The molecule has 0 saturated heterocycles. The van der Waals surface area contributed by atoms with Crippen molar-refractivity contribution in [3.05, 3.63) is 29.3 Å². The standard InChI is InChI=1S/C14H16N2O/c15-8-14(16)11-2-3-12(14)6-10-7-13(17)4-1-9(10)5-11/h1,4,7,11-12,17H,2-3,5-6,16H2. The zero-order valence-corrected chi connectivity index (χ0v) is 9.69. The molecule has 88 valence electrons. The summed E-state index contributed by atoms with van der Waals surface area (Å²) in [4.78, 5) is 0. The topological polar surface area (TPSA) is 70.0 Å². The molecule has 0 aromatic heterocycles. The largest absolute Gasteiger partial charge is 0.508 e. The number of nitrogens with zero attached hydrogens (tertiary/aromatic N) is 1. The van der Waals surface area contributed by atoms with Gasteiger partial charge in [-0.25, -0.2) is 0 Å². The van der Waals surface area contributed by atoms with E-state index in [2.05, 4.69) is 6.07 Å². The zero-order valence-electron chi connectivity index (χ0n) is 9.69. The second kappa shape index (κ2) is 3.48. The van der Waals surface area contributed by atoms with Crippen LogP contribution in [0.25, 0.3) is 0 Å². The number of phenols is 1. The molecule has 3 N–H and O–H groups in total. The Morgan fingerprint density at radius 2 is 1.88 bits per heavy atom. The van der Waals surface area contributed by atoms with Gasteiger partial charge in [0.1, 0.15) is 11.3 Å². The molecular weight excluding hydrogens is 212 g/mol. The van der Waals surface area contributed by atoms with E-state index in [0.29, 0.717) is 5.75 Å². The molecular formula is C14H16N2O. The third kappa shape index (κ3) is 1.44. The van der Waals surface area contributed by atoms with Gasteiger partial charge in [-0.1, -0.05) is 6.07 Å². The van der Waals surface area contributed by atoms with Gasteiger partial charge in [-0.05, 0) is 60.8 Å². The number of benzene rings is 1. The minimum Gasteiger partial charge on any atom is -0.508 e. The average molecular weight is 228 g/mol. The van der Waals surface area contributed by atoms with Crippen LogP contribution < -0.4 is 5.73 Å². The highest BCUT2D eigenvalue weighted by Gasteiger charge is 2.49. The van der Waals surface area contributed by atoms with E-state index in [1.807, 2.05) is 12.1 Å². The molecule has 17 heavy (non-hydrogen) atoms. The second-order valence-electron chi connectivity index (χ2n) is 5.38. The zero-order chi connectivity index (χ0) is 12.0. The molecule has 1 saturated carbocycles. The van der Waals surface area contributed by atoms with Gasteiger partial charge in [-0.15, -0.1) is 0 Å². The molecule has 0 amide bonds. The van der Waals surface area contributed by atoms with E-state index < -0.39 is 5.54 Å². The van der Waals surface area contributed by atoms with Crippen LogP contribution in [-0.2, 0) is 12.8 Å². The predicted molar refractivity (Wildman–Crippen MR) is 64.3 cm³/mol. The Kier molecular flexibility index (Phi) is 2.17. The predicted octanol–water partition coefficient (Wildman–Crippen LogP) is 1.74. The lowest BCUT2D eigenvalue weighted by atomic mass is 9.81. The summed E-state index contributed by atoms with van der Waals surface area (Å²) < 4.78 is 0. The smallest absolute Gasteiger partial charge is 0.115 e. The summed E-state index contributed by atoms with van der Waals surface area (Å²) in [5, 5.41) is 18.9. The van der Waals surface area contributed by atoms with Crippen LogP contribution in [0.3, 0.4) is 0 Å². The first-order chi connectivity index (χ1) is 8.13. The summed E-state index contributed by atoms with van der Waals surface area (Å²) in [7, 11) is 0. The maximum Gasteiger partial charge on any atom is 0.115 e. The van der Waals surface area contributed by atoms with Gasteiger partial charge in [0.05, 0.1) is 6.07 Å². The molecule has 2 bridgehead atoms. The van der Waals surface area contributed by atoms with E-state index in [9.17, 15) is 10.4 Å². The second-order valence-corrected chi connectivity index (χ2v) is 5.38. The van der Waals surface area contributed by atoms with E-state index in [0.717, 1.165) is 25.7 Å². The number of hydrogen-bond acceptors (Lipinski definition) is 3. The first-order valence-electron chi connectivity index (χ1n) is 6.14. The van der Waals surface area contributed by atoms with Gasteiger partial charge in [0.25, 0.3) is 0 Å². The summed E-state index contributed by atoms with van der Waals surface area (Å²) in [5.41, 5.74) is 8.05. The van der Waals surface area contributed by atoms with Gasteiger partial charge in [-0.3, -0.25) is 0 Å². The van der Waals surface area contributed by atoms with Crippen LogP contribution in [0.1, 0.15) is 24.0 Å². The highest BCUT2D eigenvalue weighted by Crippen LogP contribution is 2.45. The lowest BCUT2D eigenvalue weighted by Gasteiger charge is -2.27. The molecule has 1 fully saturated rings. The third-order valence-electron chi connectivity index (χ3n) is 4.53. The van der Waals surface area contributed by atoms with Crippen LogP contribution >= 0.6 is 0 Å². The Labute approximate surface area is 101 Å². The van der Waals surface area contributed by atoms with Gasteiger partial charge in [0.2, 0.25) is 0 Å². The minimum atomic E-state index is -0.672. The van der Waals surface area contributed by atoms with Crippen molar-refractivity contribution in [3.63, 3.8) is 0 Å². The minimum absolute atomic E-state index is 0.237. The Morgan fingerprint density at radius 1 is 1.24 bits per heavy atom. The Hall–Kier alpha value is -1.53. The highest BCUT2D eigenvalue weighted by molar-refractivity contribution is 5.39. The van der Waals surface area contributed by atoms with Gasteiger partial charge >= 0.3 is 0 Å². The molecule has 2 aliphatic carbocycles. The lowest BCUT2D eigenvalue weighted by molar-refractivity contribution is 0.329. The molecule has 0 heterocycles. The van der Waals surface area contributed by atoms with Crippen LogP contribution in [0.15, 0.2) is 18.2 Å². The van der Waals surface area contributed by atoms with Crippen molar-refractivity contribution in [2.24, 2.45) is 17.6 Å². The van der Waals surface area contributed by atoms with Gasteiger partial charge in [0.15, 0.2) is 0 Å². The summed E-state index contributed by atoms with van der Waals surface area (Å²) >= 11 is 0. The van der Waals surface area contributed by atoms with Crippen LogP contribution in [0.5, 0.6) is 5.75 Å². The van der Waals surface area contributed by atoms with Crippen LogP contribution in [0, 0.1) is 23.2 Å².